The number of benzene rings is 1. The summed E-state index contributed by atoms with van der Waals surface area (Å²) in [4.78, 5) is 9.69. The molecule has 0 aliphatic carbocycles. The molecule has 20 heavy (non-hydrogen) atoms. The van der Waals surface area contributed by atoms with E-state index >= 15 is 0 Å². The van der Waals surface area contributed by atoms with Gasteiger partial charge in [0.25, 0.3) is 10.0 Å². The van der Waals surface area contributed by atoms with Crippen LogP contribution < -0.4 is 4.72 Å². The number of nitrogens with zero attached hydrogens (tertiary/aromatic N) is 1. The summed E-state index contributed by atoms with van der Waals surface area (Å²) in [6, 6.07) is 2.84. The molecule has 0 bridgehead atoms. The maximum atomic E-state index is 13.4. The highest BCUT2D eigenvalue weighted by molar-refractivity contribution is 7.92. The molecule has 0 saturated carbocycles. The summed E-state index contributed by atoms with van der Waals surface area (Å²) in [6.45, 7) is 0. The van der Waals surface area contributed by atoms with Crippen molar-refractivity contribution >= 4 is 21.8 Å². The van der Waals surface area contributed by atoms with E-state index < -0.39 is 32.5 Å². The Morgan fingerprint density at radius 2 is 2.00 bits per heavy atom. The summed E-state index contributed by atoms with van der Waals surface area (Å²) < 4.78 is 51.9. The van der Waals surface area contributed by atoms with Crippen LogP contribution in [0, 0.1) is 11.6 Å². The Kier molecular flexibility index (Phi) is 3.40. The molecule has 10 heteroatoms. The highest BCUT2D eigenvalue weighted by atomic mass is 32.2. The molecule has 1 aromatic heterocycles. The fourth-order valence-corrected chi connectivity index (χ4v) is 2.44. The van der Waals surface area contributed by atoms with Crippen molar-refractivity contribution in [3.8, 4) is 0 Å². The van der Waals surface area contributed by atoms with Gasteiger partial charge < -0.3 is 5.11 Å². The lowest BCUT2D eigenvalue weighted by Crippen LogP contribution is -2.15. The van der Waals surface area contributed by atoms with Gasteiger partial charge in [-0.05, 0) is 18.2 Å². The molecule has 0 unspecified atom stereocenters. The van der Waals surface area contributed by atoms with Crippen LogP contribution in [0.25, 0.3) is 0 Å². The van der Waals surface area contributed by atoms with Crippen LogP contribution in [0.5, 0.6) is 0 Å². The summed E-state index contributed by atoms with van der Waals surface area (Å²) >= 11 is 0. The number of carboxylic acid groups (broad SMARTS) is 1. The molecule has 2 rings (SSSR count). The van der Waals surface area contributed by atoms with E-state index in [1.165, 1.54) is 0 Å². The lowest BCUT2D eigenvalue weighted by molar-refractivity contribution is 0.0690. The zero-order valence-electron chi connectivity index (χ0n) is 9.59. The van der Waals surface area contributed by atoms with Crippen LogP contribution in [0.4, 0.5) is 14.6 Å². The average Bonchev–Trinajstić information content (AvgIpc) is 2.80. The number of H-pyrrole nitrogens is 1. The van der Waals surface area contributed by atoms with Crippen LogP contribution in [-0.4, -0.2) is 29.7 Å². The minimum atomic E-state index is -4.42. The highest BCUT2D eigenvalue weighted by Crippen LogP contribution is 2.19. The van der Waals surface area contributed by atoms with Gasteiger partial charge in [0.15, 0.2) is 5.82 Å². The van der Waals surface area contributed by atoms with Crippen LogP contribution in [-0.2, 0) is 10.0 Å². The number of aromatic nitrogens is 2. The van der Waals surface area contributed by atoms with Crippen LogP contribution in [0.15, 0.2) is 29.2 Å². The first-order valence-corrected chi connectivity index (χ1v) is 6.54. The van der Waals surface area contributed by atoms with Gasteiger partial charge in [-0.25, -0.2) is 22.0 Å². The summed E-state index contributed by atoms with van der Waals surface area (Å²) in [5, 5.41) is 14.1. The first-order valence-electron chi connectivity index (χ1n) is 5.06. The Labute approximate surface area is 111 Å². The predicted molar refractivity (Wildman–Crippen MR) is 62.7 cm³/mol. The summed E-state index contributed by atoms with van der Waals surface area (Å²) in [5.74, 6) is -3.78. The Morgan fingerprint density at radius 3 is 2.60 bits per heavy atom. The number of aromatic amines is 1. The molecule has 0 spiro atoms. The minimum Gasteiger partial charge on any atom is -0.477 e. The van der Waals surface area contributed by atoms with Crippen molar-refractivity contribution in [2.75, 3.05) is 4.72 Å². The lowest BCUT2D eigenvalue weighted by Gasteiger charge is -2.06. The Morgan fingerprint density at radius 1 is 1.30 bits per heavy atom. The topological polar surface area (TPSA) is 112 Å². The van der Waals surface area contributed by atoms with Crippen LogP contribution in [0.3, 0.4) is 0 Å². The fraction of sp³-hybridized carbons (Fsp3) is 0. The normalized spacial score (nSPS) is 11.3. The monoisotopic (exact) mass is 303 g/mol. The Bertz CT molecular complexity index is 773. The van der Waals surface area contributed by atoms with Gasteiger partial charge in [0.1, 0.15) is 22.2 Å². The largest absolute Gasteiger partial charge is 0.477 e. The van der Waals surface area contributed by atoms with E-state index in [-0.39, 0.29) is 11.5 Å². The molecule has 0 atom stereocenters. The van der Waals surface area contributed by atoms with E-state index in [1.807, 2.05) is 4.72 Å². The zero-order chi connectivity index (χ0) is 14.9. The number of halogens is 2. The summed E-state index contributed by atoms with van der Waals surface area (Å²) in [6.07, 6.45) is 0. The third-order valence-electron chi connectivity index (χ3n) is 2.23. The lowest BCUT2D eigenvalue weighted by atomic mass is 10.3. The maximum Gasteiger partial charge on any atom is 0.353 e. The number of aromatic carboxylic acids is 1. The standard InChI is InChI=1S/C10H7F2N3O4S/c11-5-1-2-6(12)8(3-5)20(18,19)15-9-4-7(10(16)17)13-14-9/h1-4H,(H,16,17)(H2,13,14,15). The SMILES string of the molecule is O=C(O)c1cc(NS(=O)(=O)c2cc(F)ccc2F)n[nH]1. The summed E-state index contributed by atoms with van der Waals surface area (Å²) in [7, 11) is -4.42. The first-order chi connectivity index (χ1) is 9.29. The second-order valence-corrected chi connectivity index (χ2v) is 5.30. The van der Waals surface area contributed by atoms with Crippen molar-refractivity contribution in [1.82, 2.24) is 10.2 Å². The number of sulfonamides is 1. The Hall–Kier alpha value is -2.49. The van der Waals surface area contributed by atoms with Gasteiger partial charge in [-0.3, -0.25) is 9.82 Å². The van der Waals surface area contributed by atoms with Crippen molar-refractivity contribution in [1.29, 1.82) is 0 Å². The zero-order valence-corrected chi connectivity index (χ0v) is 10.4. The second-order valence-electron chi connectivity index (χ2n) is 3.65. The molecule has 3 N–H and O–H groups in total. The van der Waals surface area contributed by atoms with Crippen LogP contribution in [0.1, 0.15) is 10.5 Å². The quantitative estimate of drug-likeness (QED) is 0.785. The first kappa shape index (κ1) is 13.9. The molecule has 0 aliphatic heterocycles. The molecule has 0 aliphatic rings. The third kappa shape index (κ3) is 2.74. The molecule has 0 radical (unpaired) electrons. The molecular weight excluding hydrogens is 296 g/mol. The van der Waals surface area contributed by atoms with E-state index in [2.05, 4.69) is 10.2 Å². The number of nitrogens with one attached hydrogen (secondary N) is 2. The van der Waals surface area contributed by atoms with Gasteiger partial charge in [-0.1, -0.05) is 0 Å². The maximum absolute atomic E-state index is 13.4. The number of hydrogen-bond acceptors (Lipinski definition) is 4. The van der Waals surface area contributed by atoms with E-state index in [0.717, 1.165) is 12.1 Å². The van der Waals surface area contributed by atoms with Crippen molar-refractivity contribution in [2.24, 2.45) is 0 Å². The third-order valence-corrected chi connectivity index (χ3v) is 3.60. The fourth-order valence-electron chi connectivity index (χ4n) is 1.36. The smallest absolute Gasteiger partial charge is 0.353 e. The molecule has 7 nitrogen and oxygen atoms in total. The van der Waals surface area contributed by atoms with E-state index in [0.29, 0.717) is 12.1 Å². The van der Waals surface area contributed by atoms with Gasteiger partial charge in [0, 0.05) is 6.07 Å². The number of rotatable bonds is 4. The Balaban J connectivity index is 2.35. The molecule has 0 fully saturated rings. The van der Waals surface area contributed by atoms with Crippen molar-refractivity contribution in [3.05, 3.63) is 41.6 Å². The number of hydrogen-bond donors (Lipinski definition) is 3. The van der Waals surface area contributed by atoms with Crippen molar-refractivity contribution < 1.29 is 27.1 Å². The second kappa shape index (κ2) is 4.89. The number of carbonyl (C=O) groups is 1. The van der Waals surface area contributed by atoms with Gasteiger partial charge in [-0.2, -0.15) is 5.10 Å². The highest BCUT2D eigenvalue weighted by Gasteiger charge is 2.21. The average molecular weight is 303 g/mol. The number of anilines is 1. The molecule has 2 aromatic rings. The van der Waals surface area contributed by atoms with E-state index in [1.54, 1.807) is 0 Å². The van der Waals surface area contributed by atoms with E-state index in [4.69, 9.17) is 5.11 Å². The van der Waals surface area contributed by atoms with Gasteiger partial charge in [-0.15, -0.1) is 0 Å². The van der Waals surface area contributed by atoms with Crippen molar-refractivity contribution in [3.63, 3.8) is 0 Å². The van der Waals surface area contributed by atoms with Gasteiger partial charge in [0.05, 0.1) is 0 Å². The number of carboxylic acids is 1. The molecule has 0 saturated heterocycles. The molecule has 1 aromatic carbocycles. The van der Waals surface area contributed by atoms with Gasteiger partial charge >= 0.3 is 5.97 Å². The molecular formula is C10H7F2N3O4S. The van der Waals surface area contributed by atoms with E-state index in [9.17, 15) is 22.0 Å². The minimum absolute atomic E-state index is 0.355. The van der Waals surface area contributed by atoms with Gasteiger partial charge in [0.2, 0.25) is 0 Å². The molecule has 0 amide bonds. The van der Waals surface area contributed by atoms with Crippen molar-refractivity contribution in [2.45, 2.75) is 4.90 Å². The van der Waals surface area contributed by atoms with Crippen LogP contribution in [0.2, 0.25) is 0 Å². The summed E-state index contributed by atoms with van der Waals surface area (Å²) in [5.41, 5.74) is -0.359. The predicted octanol–water partition coefficient (Wildman–Crippen LogP) is 1.19. The van der Waals surface area contributed by atoms with Crippen LogP contribution >= 0.6 is 0 Å². The molecule has 106 valence electrons. The molecule has 1 heterocycles.